The molecular weight excluding hydrogens is 234 g/mol. The molecule has 1 atom stereocenters. The van der Waals surface area contributed by atoms with Crippen LogP contribution in [0.25, 0.3) is 11.0 Å². The molecule has 0 bridgehead atoms. The third-order valence-corrected chi connectivity index (χ3v) is 4.58. The van der Waals surface area contributed by atoms with E-state index in [1.54, 1.807) is 0 Å². The first-order chi connectivity index (χ1) is 9.20. The lowest BCUT2D eigenvalue weighted by Crippen LogP contribution is -2.08. The van der Waals surface area contributed by atoms with Gasteiger partial charge < -0.3 is 10.3 Å². The molecule has 3 heteroatoms. The van der Waals surface area contributed by atoms with Crippen molar-refractivity contribution in [3.8, 4) is 0 Å². The molecule has 0 spiro atoms. The molecule has 19 heavy (non-hydrogen) atoms. The molecule has 0 amide bonds. The topological polar surface area (TPSA) is 43.8 Å². The Morgan fingerprint density at radius 1 is 1.37 bits per heavy atom. The van der Waals surface area contributed by atoms with Gasteiger partial charge in [-0.15, -0.1) is 0 Å². The molecule has 1 aliphatic rings. The van der Waals surface area contributed by atoms with E-state index in [-0.39, 0.29) is 0 Å². The number of fused-ring (bicyclic) bond motifs is 1. The molecule has 1 aliphatic carbocycles. The van der Waals surface area contributed by atoms with Crippen LogP contribution in [0.1, 0.15) is 55.8 Å². The maximum Gasteiger partial charge on any atom is 0.112 e. The second-order valence-electron chi connectivity index (χ2n) is 5.90. The highest BCUT2D eigenvalue weighted by Gasteiger charge is 2.22. The van der Waals surface area contributed by atoms with Crippen LogP contribution in [0, 0.1) is 0 Å². The molecule has 0 aliphatic heterocycles. The van der Waals surface area contributed by atoms with Crippen molar-refractivity contribution in [2.24, 2.45) is 12.8 Å². The number of hydrogen-bond donors (Lipinski definition) is 1. The quantitative estimate of drug-likeness (QED) is 0.917. The van der Waals surface area contributed by atoms with E-state index in [0.29, 0.717) is 18.4 Å². The van der Waals surface area contributed by atoms with Crippen molar-refractivity contribution in [2.45, 2.75) is 44.4 Å². The minimum absolute atomic E-state index is 0.404. The maximum atomic E-state index is 5.76. The molecule has 2 N–H and O–H groups in total. The summed E-state index contributed by atoms with van der Waals surface area (Å²) in [4.78, 5) is 4.89. The van der Waals surface area contributed by atoms with E-state index in [9.17, 15) is 0 Å². The molecule has 2 aromatic rings. The van der Waals surface area contributed by atoms with E-state index in [2.05, 4.69) is 36.7 Å². The van der Waals surface area contributed by atoms with Gasteiger partial charge in [-0.05, 0) is 43.0 Å². The Morgan fingerprint density at radius 3 is 2.79 bits per heavy atom. The summed E-state index contributed by atoms with van der Waals surface area (Å²) in [6.07, 6.45) is 5.29. The molecule has 1 aromatic heterocycles. The SMILES string of the molecule is CC(CN)c1ccc2c(c1)nc(C1CCCC1)n2C. The number of imidazole rings is 1. The van der Waals surface area contributed by atoms with E-state index in [1.165, 1.54) is 42.6 Å². The van der Waals surface area contributed by atoms with E-state index in [1.807, 2.05) is 0 Å². The lowest BCUT2D eigenvalue weighted by atomic mass is 10.0. The second kappa shape index (κ2) is 4.97. The van der Waals surface area contributed by atoms with Gasteiger partial charge in [0.25, 0.3) is 0 Å². The summed E-state index contributed by atoms with van der Waals surface area (Å²) < 4.78 is 2.28. The predicted molar refractivity (Wildman–Crippen MR) is 79.4 cm³/mol. The van der Waals surface area contributed by atoms with Gasteiger partial charge in [-0.2, -0.15) is 0 Å². The van der Waals surface area contributed by atoms with Crippen molar-refractivity contribution in [3.05, 3.63) is 29.6 Å². The van der Waals surface area contributed by atoms with Crippen LogP contribution < -0.4 is 5.73 Å². The second-order valence-corrected chi connectivity index (χ2v) is 5.90. The average Bonchev–Trinajstić information content (AvgIpc) is 3.05. The van der Waals surface area contributed by atoms with Gasteiger partial charge in [-0.3, -0.25) is 0 Å². The summed E-state index contributed by atoms with van der Waals surface area (Å²) in [7, 11) is 2.15. The number of hydrogen-bond acceptors (Lipinski definition) is 2. The van der Waals surface area contributed by atoms with Gasteiger partial charge in [-0.25, -0.2) is 4.98 Å². The maximum absolute atomic E-state index is 5.76. The minimum atomic E-state index is 0.404. The zero-order valence-corrected chi connectivity index (χ0v) is 11.9. The van der Waals surface area contributed by atoms with Gasteiger partial charge in [0.1, 0.15) is 5.82 Å². The lowest BCUT2D eigenvalue weighted by Gasteiger charge is -2.09. The fourth-order valence-electron chi connectivity index (χ4n) is 3.23. The number of aromatic nitrogens is 2. The van der Waals surface area contributed by atoms with Gasteiger partial charge >= 0.3 is 0 Å². The Balaban J connectivity index is 2.04. The standard InChI is InChI=1S/C16H23N3/c1-11(10-17)13-7-8-15-14(9-13)18-16(19(15)2)12-5-3-4-6-12/h7-9,11-12H,3-6,10,17H2,1-2H3. The summed E-state index contributed by atoms with van der Waals surface area (Å²) in [5.74, 6) is 2.33. The summed E-state index contributed by atoms with van der Waals surface area (Å²) in [5.41, 5.74) is 9.43. The first-order valence-electron chi connectivity index (χ1n) is 7.37. The van der Waals surface area contributed by atoms with Crippen LogP contribution in [0.4, 0.5) is 0 Å². The highest BCUT2D eigenvalue weighted by molar-refractivity contribution is 5.77. The van der Waals surface area contributed by atoms with Crippen LogP contribution >= 0.6 is 0 Å². The molecule has 102 valence electrons. The van der Waals surface area contributed by atoms with Gasteiger partial charge in [0.15, 0.2) is 0 Å². The Kier molecular flexibility index (Phi) is 3.31. The van der Waals surface area contributed by atoms with E-state index in [0.717, 1.165) is 5.52 Å². The fourth-order valence-corrected chi connectivity index (χ4v) is 3.23. The normalized spacial score (nSPS) is 18.3. The van der Waals surface area contributed by atoms with E-state index in [4.69, 9.17) is 10.7 Å². The first-order valence-corrected chi connectivity index (χ1v) is 7.37. The van der Waals surface area contributed by atoms with Crippen molar-refractivity contribution in [1.29, 1.82) is 0 Å². The molecule has 1 heterocycles. The highest BCUT2D eigenvalue weighted by atomic mass is 15.1. The summed E-state index contributed by atoms with van der Waals surface area (Å²) >= 11 is 0. The Morgan fingerprint density at radius 2 is 2.11 bits per heavy atom. The van der Waals surface area contributed by atoms with Crippen LogP contribution in [0.15, 0.2) is 18.2 Å². The monoisotopic (exact) mass is 257 g/mol. The molecule has 0 saturated heterocycles. The zero-order chi connectivity index (χ0) is 13.4. The molecule has 1 aromatic carbocycles. The number of benzene rings is 1. The van der Waals surface area contributed by atoms with Crippen LogP contribution in [-0.4, -0.2) is 16.1 Å². The Bertz CT molecular complexity index is 579. The van der Waals surface area contributed by atoms with Crippen molar-refractivity contribution in [2.75, 3.05) is 6.54 Å². The van der Waals surface area contributed by atoms with Gasteiger partial charge in [0.2, 0.25) is 0 Å². The van der Waals surface area contributed by atoms with E-state index < -0.39 is 0 Å². The number of nitrogens with two attached hydrogens (primary N) is 1. The van der Waals surface area contributed by atoms with Gasteiger partial charge in [0, 0.05) is 13.0 Å². The molecule has 3 rings (SSSR count). The van der Waals surface area contributed by atoms with Crippen molar-refractivity contribution in [1.82, 2.24) is 9.55 Å². The Hall–Kier alpha value is -1.35. The molecule has 0 radical (unpaired) electrons. The third-order valence-electron chi connectivity index (χ3n) is 4.58. The molecule has 1 unspecified atom stereocenters. The molecule has 3 nitrogen and oxygen atoms in total. The van der Waals surface area contributed by atoms with Gasteiger partial charge in [-0.1, -0.05) is 25.8 Å². The summed E-state index contributed by atoms with van der Waals surface area (Å²) in [6.45, 7) is 2.86. The molecular formula is C16H23N3. The van der Waals surface area contributed by atoms with Crippen LogP contribution in [0.3, 0.4) is 0 Å². The number of aryl methyl sites for hydroxylation is 1. The number of nitrogens with zero attached hydrogens (tertiary/aromatic N) is 2. The third kappa shape index (κ3) is 2.16. The van der Waals surface area contributed by atoms with Crippen LogP contribution in [0.5, 0.6) is 0 Å². The predicted octanol–water partition coefficient (Wildman–Crippen LogP) is 3.29. The smallest absolute Gasteiger partial charge is 0.112 e. The summed E-state index contributed by atoms with van der Waals surface area (Å²) in [6, 6.07) is 6.60. The van der Waals surface area contributed by atoms with Gasteiger partial charge in [0.05, 0.1) is 11.0 Å². The fraction of sp³-hybridized carbons (Fsp3) is 0.562. The zero-order valence-electron chi connectivity index (χ0n) is 11.9. The van der Waals surface area contributed by atoms with Crippen LogP contribution in [-0.2, 0) is 7.05 Å². The lowest BCUT2D eigenvalue weighted by molar-refractivity contribution is 0.639. The minimum Gasteiger partial charge on any atom is -0.331 e. The van der Waals surface area contributed by atoms with Crippen molar-refractivity contribution >= 4 is 11.0 Å². The van der Waals surface area contributed by atoms with Crippen LogP contribution in [0.2, 0.25) is 0 Å². The number of rotatable bonds is 3. The average molecular weight is 257 g/mol. The highest BCUT2D eigenvalue weighted by Crippen LogP contribution is 2.35. The van der Waals surface area contributed by atoms with Crippen molar-refractivity contribution in [3.63, 3.8) is 0 Å². The Labute approximate surface area is 114 Å². The molecule has 1 fully saturated rings. The van der Waals surface area contributed by atoms with E-state index >= 15 is 0 Å². The van der Waals surface area contributed by atoms with Crippen molar-refractivity contribution < 1.29 is 0 Å². The largest absolute Gasteiger partial charge is 0.331 e. The first kappa shape index (κ1) is 12.7. The summed E-state index contributed by atoms with van der Waals surface area (Å²) in [5, 5.41) is 0. The molecule has 1 saturated carbocycles.